The Balaban J connectivity index is 0.000000671. The van der Waals surface area contributed by atoms with Crippen LogP contribution in [0.5, 0.6) is 5.75 Å². The number of aryl methyl sites for hydroxylation is 2. The van der Waals surface area contributed by atoms with Crippen molar-refractivity contribution < 1.29 is 9.52 Å². The Morgan fingerprint density at radius 1 is 0.833 bits per heavy atom. The van der Waals surface area contributed by atoms with Crippen molar-refractivity contribution >= 4 is 11.0 Å². The lowest BCUT2D eigenvalue weighted by Gasteiger charge is -2.11. The van der Waals surface area contributed by atoms with E-state index in [2.05, 4.69) is 0 Å². The highest BCUT2D eigenvalue weighted by molar-refractivity contribution is 5.96. The van der Waals surface area contributed by atoms with Crippen LogP contribution in [0.25, 0.3) is 22.1 Å². The first kappa shape index (κ1) is 19.5. The fourth-order valence-corrected chi connectivity index (χ4v) is 2.58. The minimum Gasteiger partial charge on any atom is -0.508 e. The van der Waals surface area contributed by atoms with Gasteiger partial charge in [-0.15, -0.1) is 0 Å². The van der Waals surface area contributed by atoms with Crippen LogP contribution in [0.4, 0.5) is 0 Å². The molecule has 3 aromatic rings. The smallest absolute Gasteiger partial charge is 0.336 e. The zero-order chi connectivity index (χ0) is 18.3. The number of hydrogen-bond donors (Lipinski definition) is 1. The minimum absolute atomic E-state index is 0.0973. The molecule has 0 saturated heterocycles. The van der Waals surface area contributed by atoms with Gasteiger partial charge < -0.3 is 9.52 Å². The van der Waals surface area contributed by atoms with E-state index in [1.54, 1.807) is 6.07 Å². The first-order chi connectivity index (χ1) is 11.6. The van der Waals surface area contributed by atoms with E-state index in [0.29, 0.717) is 5.58 Å². The highest BCUT2D eigenvalue weighted by atomic mass is 16.4. The second-order valence-corrected chi connectivity index (χ2v) is 4.93. The van der Waals surface area contributed by atoms with E-state index >= 15 is 0 Å². The first-order valence-corrected chi connectivity index (χ1v) is 8.40. The van der Waals surface area contributed by atoms with Crippen molar-refractivity contribution in [1.82, 2.24) is 0 Å². The summed E-state index contributed by atoms with van der Waals surface area (Å²) in [5.74, 6) is 0.0973. The van der Waals surface area contributed by atoms with Gasteiger partial charge in [0.1, 0.15) is 11.3 Å². The van der Waals surface area contributed by atoms with Gasteiger partial charge in [-0.2, -0.15) is 0 Å². The maximum Gasteiger partial charge on any atom is 0.336 e. The van der Waals surface area contributed by atoms with Crippen molar-refractivity contribution in [3.8, 4) is 16.9 Å². The molecule has 1 heterocycles. The van der Waals surface area contributed by atoms with Crippen molar-refractivity contribution in [2.24, 2.45) is 0 Å². The molecule has 0 amide bonds. The van der Waals surface area contributed by atoms with Crippen LogP contribution in [0.15, 0.2) is 51.7 Å². The van der Waals surface area contributed by atoms with E-state index in [1.807, 2.05) is 65.8 Å². The summed E-state index contributed by atoms with van der Waals surface area (Å²) in [6.07, 6.45) is 0. The highest BCUT2D eigenvalue weighted by Crippen LogP contribution is 2.33. The molecule has 0 atom stereocenters. The molecule has 0 saturated carbocycles. The number of fused-ring (bicyclic) bond motifs is 1. The highest BCUT2D eigenvalue weighted by Gasteiger charge is 2.12. The Kier molecular flexibility index (Phi) is 7.25. The maximum absolute atomic E-state index is 11.8. The zero-order valence-electron chi connectivity index (χ0n) is 15.3. The molecule has 3 heteroatoms. The molecule has 0 aliphatic rings. The lowest BCUT2D eigenvalue weighted by atomic mass is 9.95. The summed E-state index contributed by atoms with van der Waals surface area (Å²) in [5, 5.41) is 10.5. The monoisotopic (exact) mass is 326 g/mol. The van der Waals surface area contributed by atoms with Gasteiger partial charge in [0.2, 0.25) is 0 Å². The number of phenols is 1. The van der Waals surface area contributed by atoms with E-state index in [4.69, 9.17) is 4.42 Å². The lowest BCUT2D eigenvalue weighted by Crippen LogP contribution is -1.99. The van der Waals surface area contributed by atoms with Crippen molar-refractivity contribution in [2.45, 2.75) is 41.5 Å². The van der Waals surface area contributed by atoms with Crippen LogP contribution < -0.4 is 5.63 Å². The molecule has 1 aromatic heterocycles. The van der Waals surface area contributed by atoms with Gasteiger partial charge in [-0.1, -0.05) is 52.0 Å². The van der Waals surface area contributed by atoms with Gasteiger partial charge in [-0.25, -0.2) is 4.79 Å². The van der Waals surface area contributed by atoms with E-state index in [9.17, 15) is 9.90 Å². The van der Waals surface area contributed by atoms with Crippen LogP contribution >= 0.6 is 0 Å². The molecule has 128 valence electrons. The van der Waals surface area contributed by atoms with Crippen LogP contribution in [-0.2, 0) is 0 Å². The van der Waals surface area contributed by atoms with Gasteiger partial charge in [-0.3, -0.25) is 0 Å². The van der Waals surface area contributed by atoms with E-state index < -0.39 is 5.63 Å². The third-order valence-corrected chi connectivity index (χ3v) is 3.46. The summed E-state index contributed by atoms with van der Waals surface area (Å²) in [5.41, 5.74) is 3.80. The van der Waals surface area contributed by atoms with Crippen LogP contribution in [0.2, 0.25) is 0 Å². The van der Waals surface area contributed by atoms with Gasteiger partial charge in [-0.05, 0) is 36.6 Å². The van der Waals surface area contributed by atoms with Crippen molar-refractivity contribution in [2.75, 3.05) is 0 Å². The molecule has 3 rings (SSSR count). The van der Waals surface area contributed by atoms with Gasteiger partial charge in [0.25, 0.3) is 0 Å². The third-order valence-electron chi connectivity index (χ3n) is 3.46. The molecule has 0 aliphatic heterocycles. The summed E-state index contributed by atoms with van der Waals surface area (Å²) in [6.45, 7) is 11.9. The third kappa shape index (κ3) is 4.05. The lowest BCUT2D eigenvalue weighted by molar-refractivity contribution is 0.472. The molecule has 0 bridgehead atoms. The van der Waals surface area contributed by atoms with Gasteiger partial charge in [0, 0.05) is 23.1 Å². The minimum atomic E-state index is -0.416. The van der Waals surface area contributed by atoms with E-state index in [0.717, 1.165) is 27.6 Å². The number of rotatable bonds is 1. The average molecular weight is 326 g/mol. The molecule has 0 aliphatic carbocycles. The largest absolute Gasteiger partial charge is 0.508 e. The predicted molar refractivity (Wildman–Crippen MR) is 102 cm³/mol. The predicted octanol–water partition coefficient (Wildman–Crippen LogP) is 5.83. The Morgan fingerprint density at radius 3 is 2.08 bits per heavy atom. The Bertz CT molecular complexity index is 861. The van der Waals surface area contributed by atoms with E-state index in [-0.39, 0.29) is 5.75 Å². The standard InChI is InChI=1S/C17H14O3.2C2H6/c1-10-5-3-4-6-13(10)14-9-16(19)20-15-8-12(18)7-11(2)17(14)15;2*1-2/h3-9,18H,1-2H3;2*1-2H3. The topological polar surface area (TPSA) is 50.4 Å². The molecular weight excluding hydrogens is 300 g/mol. The Hall–Kier alpha value is -2.55. The molecule has 24 heavy (non-hydrogen) atoms. The van der Waals surface area contributed by atoms with Gasteiger partial charge >= 0.3 is 5.63 Å². The first-order valence-electron chi connectivity index (χ1n) is 8.40. The summed E-state index contributed by atoms with van der Waals surface area (Å²) >= 11 is 0. The van der Waals surface area contributed by atoms with Crippen LogP contribution in [0.1, 0.15) is 38.8 Å². The summed E-state index contributed by atoms with van der Waals surface area (Å²) in [6, 6.07) is 12.6. The van der Waals surface area contributed by atoms with Gasteiger partial charge in [0.05, 0.1) is 0 Å². The second kappa shape index (κ2) is 8.92. The number of aromatic hydroxyl groups is 1. The molecule has 1 N–H and O–H groups in total. The van der Waals surface area contributed by atoms with Crippen LogP contribution in [0, 0.1) is 13.8 Å². The fourth-order valence-electron chi connectivity index (χ4n) is 2.58. The summed E-state index contributed by atoms with van der Waals surface area (Å²) < 4.78 is 5.21. The number of hydrogen-bond acceptors (Lipinski definition) is 3. The fraction of sp³-hybridized carbons (Fsp3) is 0.286. The normalized spacial score (nSPS) is 9.58. The van der Waals surface area contributed by atoms with E-state index in [1.165, 1.54) is 12.1 Å². The second-order valence-electron chi connectivity index (χ2n) is 4.93. The summed E-state index contributed by atoms with van der Waals surface area (Å²) in [7, 11) is 0. The quantitative estimate of drug-likeness (QED) is 0.572. The van der Waals surface area contributed by atoms with Crippen LogP contribution in [0.3, 0.4) is 0 Å². The maximum atomic E-state index is 11.8. The number of benzene rings is 2. The van der Waals surface area contributed by atoms with Crippen molar-refractivity contribution in [3.63, 3.8) is 0 Å². The Labute approximate surface area is 143 Å². The summed E-state index contributed by atoms with van der Waals surface area (Å²) in [4.78, 5) is 11.8. The molecule has 2 aromatic carbocycles. The van der Waals surface area contributed by atoms with Gasteiger partial charge in [0.15, 0.2) is 0 Å². The molecule has 0 unspecified atom stereocenters. The molecule has 0 fully saturated rings. The molecule has 0 radical (unpaired) electrons. The Morgan fingerprint density at radius 2 is 1.46 bits per heavy atom. The SMILES string of the molecule is CC.CC.Cc1ccccc1-c1cc(=O)oc2cc(O)cc(C)c12. The molecular formula is C21H26O3. The molecule has 0 spiro atoms. The average Bonchev–Trinajstić information content (AvgIpc) is 2.57. The van der Waals surface area contributed by atoms with Crippen molar-refractivity contribution in [3.05, 3.63) is 64.0 Å². The number of phenolic OH excluding ortho intramolecular Hbond substituents is 1. The van der Waals surface area contributed by atoms with Crippen molar-refractivity contribution in [1.29, 1.82) is 0 Å². The van der Waals surface area contributed by atoms with Crippen LogP contribution in [-0.4, -0.2) is 5.11 Å². The zero-order valence-corrected chi connectivity index (χ0v) is 15.3. The molecule has 3 nitrogen and oxygen atoms in total.